The molecule has 1 atom stereocenters. The lowest BCUT2D eigenvalue weighted by atomic mass is 15.9. The van der Waals surface area contributed by atoms with Gasteiger partial charge in [0.1, 0.15) is 0 Å². The number of hydrogen-bond donors (Lipinski definition) is 1. The zero-order valence-electron chi connectivity index (χ0n) is 2.05. The molecular weight excluding hydrogens is 115 g/mol. The van der Waals surface area contributed by atoms with Gasteiger partial charge in [-0.1, -0.05) is 0 Å². The Morgan fingerprint density at radius 2 is 2.00 bits per heavy atom. The van der Waals surface area contributed by atoms with E-state index >= 15 is 0 Å². The van der Waals surface area contributed by atoms with Crippen molar-refractivity contribution in [1.82, 2.24) is 0 Å². The second-order valence-corrected chi connectivity index (χ2v) is 2.47. The van der Waals surface area contributed by atoms with E-state index in [-0.39, 0.29) is 0 Å². The van der Waals surface area contributed by atoms with Gasteiger partial charge in [0.05, 0.1) is 0 Å². The molecule has 0 spiro atoms. The van der Waals surface area contributed by atoms with Crippen LogP contribution in [0.1, 0.15) is 0 Å². The summed E-state index contributed by atoms with van der Waals surface area (Å²) < 4.78 is 26.7. The lowest BCUT2D eigenvalue weighted by Crippen LogP contribution is -1.77. The predicted octanol–water partition coefficient (Wildman–Crippen LogP) is 0.0902. The van der Waals surface area contributed by atoms with Crippen molar-refractivity contribution in [1.29, 1.82) is 0 Å². The molecule has 1 N–H and O–H groups in total. The fourth-order valence-electron chi connectivity index (χ4n) is 0. The largest absolute Gasteiger partial charge is 0.303 e. The third-order valence-corrected chi connectivity index (χ3v) is 0. The molecule has 0 aromatic rings. The van der Waals surface area contributed by atoms with Gasteiger partial charge in [-0.25, -0.2) is 0 Å². The van der Waals surface area contributed by atoms with E-state index in [1.165, 1.54) is 0 Å². The SMILES string of the molecule is O=S(O)(F)=S. The zero-order valence-corrected chi connectivity index (χ0v) is 3.68. The van der Waals surface area contributed by atoms with Crippen LogP contribution in [-0.2, 0) is 20.3 Å². The number of rotatable bonds is 0. The standard InChI is InChI=1S/FHO2S2/c1-5(2,3)4/h(H,2,3,4). The van der Waals surface area contributed by atoms with Crippen molar-refractivity contribution in [2.24, 2.45) is 0 Å². The van der Waals surface area contributed by atoms with Gasteiger partial charge in [0, 0.05) is 11.2 Å². The van der Waals surface area contributed by atoms with E-state index in [4.69, 9.17) is 8.76 Å². The van der Waals surface area contributed by atoms with Gasteiger partial charge in [-0.2, -0.15) is 4.21 Å². The van der Waals surface area contributed by atoms with Crippen molar-refractivity contribution in [3.05, 3.63) is 0 Å². The molecule has 1 unspecified atom stereocenters. The first-order chi connectivity index (χ1) is 2.00. The summed E-state index contributed by atoms with van der Waals surface area (Å²) in [4.78, 5) is 0. The quantitative estimate of drug-likeness (QED) is 0.456. The van der Waals surface area contributed by atoms with E-state index in [1.54, 1.807) is 0 Å². The Bertz CT molecular complexity index is 90.8. The summed E-state index contributed by atoms with van der Waals surface area (Å²) >= 11 is 3.24. The Morgan fingerprint density at radius 3 is 2.00 bits per heavy atom. The third kappa shape index (κ3) is 322. The van der Waals surface area contributed by atoms with Gasteiger partial charge in [-0.05, 0) is 0 Å². The van der Waals surface area contributed by atoms with Gasteiger partial charge in [-0.15, -0.1) is 3.89 Å². The van der Waals surface area contributed by atoms with E-state index in [0.29, 0.717) is 0 Å². The molecule has 0 saturated carbocycles. The summed E-state index contributed by atoms with van der Waals surface area (Å²) in [5.41, 5.74) is 0. The van der Waals surface area contributed by atoms with Gasteiger partial charge < -0.3 is 0 Å². The molecule has 0 radical (unpaired) electrons. The van der Waals surface area contributed by atoms with Gasteiger partial charge in [-0.3, -0.25) is 4.55 Å². The molecule has 0 aliphatic heterocycles. The molecule has 0 aromatic carbocycles. The lowest BCUT2D eigenvalue weighted by Gasteiger charge is -1.68. The van der Waals surface area contributed by atoms with Gasteiger partial charge >= 0.3 is 9.16 Å². The van der Waals surface area contributed by atoms with Crippen LogP contribution in [0.15, 0.2) is 0 Å². The molecule has 0 amide bonds. The highest BCUT2D eigenvalue weighted by atomic mass is 32.9. The minimum absolute atomic E-state index is 3.24. The average Bonchev–Trinajstić information content (AvgIpc) is 0.722. The normalized spacial score (nSPS) is 21.2. The summed E-state index contributed by atoms with van der Waals surface area (Å²) in [6.07, 6.45) is 0. The molecule has 0 aliphatic carbocycles. The Kier molecular flexibility index (Phi) is 1.22. The topological polar surface area (TPSA) is 37.3 Å². The molecule has 0 aliphatic rings. The van der Waals surface area contributed by atoms with Crippen LogP contribution in [0, 0.1) is 0 Å². The molecule has 2 nitrogen and oxygen atoms in total. The fourth-order valence-corrected chi connectivity index (χ4v) is 0. The van der Waals surface area contributed by atoms with Crippen molar-refractivity contribution in [3.63, 3.8) is 0 Å². The monoisotopic (exact) mass is 116 g/mol. The van der Waals surface area contributed by atoms with E-state index in [1.807, 2.05) is 0 Å². The Labute approximate surface area is 33.8 Å². The highest BCUT2D eigenvalue weighted by molar-refractivity contribution is 8.26. The summed E-state index contributed by atoms with van der Waals surface area (Å²) in [7, 11) is -4.33. The predicted molar refractivity (Wildman–Crippen MR) is 19.2 cm³/mol. The minimum Gasteiger partial charge on any atom is -0.282 e. The molecule has 0 fully saturated rings. The molecule has 5 heavy (non-hydrogen) atoms. The van der Waals surface area contributed by atoms with Crippen LogP contribution in [-0.4, -0.2) is 8.76 Å². The van der Waals surface area contributed by atoms with Crippen LogP contribution in [0.4, 0.5) is 3.89 Å². The van der Waals surface area contributed by atoms with Gasteiger partial charge in [0.2, 0.25) is 0 Å². The second kappa shape index (κ2) is 1.16. The van der Waals surface area contributed by atoms with Crippen LogP contribution in [0.2, 0.25) is 0 Å². The summed E-state index contributed by atoms with van der Waals surface area (Å²) in [5, 5.41) is 0. The molecule has 0 rings (SSSR count). The highest BCUT2D eigenvalue weighted by Gasteiger charge is 1.83. The fraction of sp³-hybridized carbons (Fsp3) is 0. The summed E-state index contributed by atoms with van der Waals surface area (Å²) in [6, 6.07) is 0. The van der Waals surface area contributed by atoms with Crippen molar-refractivity contribution >= 4 is 20.3 Å². The van der Waals surface area contributed by atoms with Crippen LogP contribution in [0.5, 0.6) is 0 Å². The third-order valence-electron chi connectivity index (χ3n) is 0. The Morgan fingerprint density at radius 1 is 2.00 bits per heavy atom. The molecule has 0 heterocycles. The number of hydrogen-bond acceptors (Lipinski definition) is 2. The minimum atomic E-state index is -4.33. The molecule has 5 heteroatoms. The van der Waals surface area contributed by atoms with Crippen molar-refractivity contribution < 1.29 is 12.6 Å². The Balaban J connectivity index is 4.06. The van der Waals surface area contributed by atoms with E-state index in [0.717, 1.165) is 0 Å². The van der Waals surface area contributed by atoms with Crippen LogP contribution in [0.3, 0.4) is 0 Å². The van der Waals surface area contributed by atoms with Crippen LogP contribution in [0.25, 0.3) is 0 Å². The first kappa shape index (κ1) is 5.26. The van der Waals surface area contributed by atoms with Crippen molar-refractivity contribution in [2.75, 3.05) is 0 Å². The van der Waals surface area contributed by atoms with Crippen LogP contribution >= 0.6 is 0 Å². The summed E-state index contributed by atoms with van der Waals surface area (Å²) in [6.45, 7) is 0. The molecule has 0 aromatic heterocycles. The van der Waals surface area contributed by atoms with E-state index < -0.39 is 9.16 Å². The first-order valence-electron chi connectivity index (χ1n) is 0.670. The highest BCUT2D eigenvalue weighted by Crippen LogP contribution is 1.76. The second-order valence-electron chi connectivity index (χ2n) is 0.412. The van der Waals surface area contributed by atoms with E-state index in [2.05, 4.69) is 11.2 Å². The molecule has 32 valence electrons. The smallest absolute Gasteiger partial charge is 0.282 e. The van der Waals surface area contributed by atoms with Crippen LogP contribution < -0.4 is 0 Å². The maximum absolute atomic E-state index is 10.6. The molecule has 0 saturated heterocycles. The zero-order chi connectivity index (χ0) is 4.50. The van der Waals surface area contributed by atoms with Gasteiger partial charge in [0.15, 0.2) is 0 Å². The molecular formula is HFO2S2. The number of halogens is 1. The maximum atomic E-state index is 10.6. The lowest BCUT2D eigenvalue weighted by molar-refractivity contribution is 0.514. The van der Waals surface area contributed by atoms with E-state index in [9.17, 15) is 3.89 Å². The Hall–Kier alpha value is 0.260. The maximum Gasteiger partial charge on any atom is 0.303 e. The summed E-state index contributed by atoms with van der Waals surface area (Å²) in [5.74, 6) is 0. The average molecular weight is 116 g/mol. The van der Waals surface area contributed by atoms with Crippen molar-refractivity contribution in [2.45, 2.75) is 0 Å². The molecule has 0 bridgehead atoms. The van der Waals surface area contributed by atoms with Crippen molar-refractivity contribution in [3.8, 4) is 0 Å². The van der Waals surface area contributed by atoms with Gasteiger partial charge in [0.25, 0.3) is 0 Å². The first-order valence-corrected chi connectivity index (χ1v) is 3.01.